The number of nitrogens with one attached hydrogen (secondary N) is 2. The zero-order chi connectivity index (χ0) is 20.9. The molecule has 3 rings (SSSR count). The van der Waals surface area contributed by atoms with Crippen molar-refractivity contribution in [2.45, 2.75) is 37.0 Å². The first-order chi connectivity index (χ1) is 13.9. The molecule has 2 aromatic rings. The molecule has 1 aliphatic rings. The third kappa shape index (κ3) is 5.42. The predicted octanol–water partition coefficient (Wildman–Crippen LogP) is 2.66. The molecule has 1 amide bonds. The predicted molar refractivity (Wildman–Crippen MR) is 109 cm³/mol. The molecule has 0 unspecified atom stereocenters. The molecule has 0 saturated heterocycles. The van der Waals surface area contributed by atoms with Crippen molar-refractivity contribution in [2.75, 3.05) is 19.0 Å². The number of hydrogen-bond donors (Lipinski definition) is 2. The Bertz CT molecular complexity index is 1000. The quantitative estimate of drug-likeness (QED) is 0.676. The second kappa shape index (κ2) is 9.19. The van der Waals surface area contributed by atoms with Gasteiger partial charge in [0, 0.05) is 18.7 Å². The number of esters is 1. The number of methoxy groups -OCH3 is 1. The van der Waals surface area contributed by atoms with E-state index in [-0.39, 0.29) is 23.8 Å². The average molecular weight is 416 g/mol. The molecule has 0 heterocycles. The highest BCUT2D eigenvalue weighted by Crippen LogP contribution is 2.24. The molecule has 0 aromatic heterocycles. The number of fused-ring (bicyclic) bond motifs is 1. The molecule has 2 N–H and O–H groups in total. The van der Waals surface area contributed by atoms with Crippen LogP contribution < -0.4 is 10.0 Å². The molecule has 154 valence electrons. The highest BCUT2D eigenvalue weighted by Gasteiger charge is 2.18. The number of sulfonamides is 1. The molecule has 0 atom stereocenters. The molecule has 0 fully saturated rings. The lowest BCUT2D eigenvalue weighted by molar-refractivity contribution is -0.116. The van der Waals surface area contributed by atoms with Crippen molar-refractivity contribution in [2.24, 2.45) is 0 Å². The van der Waals surface area contributed by atoms with E-state index in [1.165, 1.54) is 12.7 Å². The highest BCUT2D eigenvalue weighted by atomic mass is 32.2. The number of benzene rings is 2. The van der Waals surface area contributed by atoms with Gasteiger partial charge in [-0.15, -0.1) is 0 Å². The van der Waals surface area contributed by atoms with Crippen LogP contribution in [0.5, 0.6) is 0 Å². The molecular weight excluding hydrogens is 392 g/mol. The first kappa shape index (κ1) is 21.0. The fourth-order valence-electron chi connectivity index (χ4n) is 3.29. The fraction of sp³-hybridized carbons (Fsp3) is 0.333. The molecule has 0 saturated carbocycles. The van der Waals surface area contributed by atoms with Gasteiger partial charge in [0.1, 0.15) is 0 Å². The van der Waals surface area contributed by atoms with E-state index in [0.717, 1.165) is 31.2 Å². The number of carbonyl (C=O) groups excluding carboxylic acids is 2. The molecular formula is C21H24N2O5S. The number of aryl methyl sites for hydroxylation is 2. The van der Waals surface area contributed by atoms with Crippen molar-refractivity contribution >= 4 is 27.6 Å². The van der Waals surface area contributed by atoms with Crippen molar-refractivity contribution in [1.82, 2.24) is 4.72 Å². The monoisotopic (exact) mass is 416 g/mol. The normalized spacial score (nSPS) is 13.4. The average Bonchev–Trinajstić information content (AvgIpc) is 2.73. The van der Waals surface area contributed by atoms with Crippen molar-refractivity contribution in [3.8, 4) is 0 Å². The van der Waals surface area contributed by atoms with E-state index in [1.54, 1.807) is 36.4 Å². The van der Waals surface area contributed by atoms with Gasteiger partial charge >= 0.3 is 5.97 Å². The van der Waals surface area contributed by atoms with Crippen LogP contribution in [0.2, 0.25) is 0 Å². The minimum atomic E-state index is -3.66. The van der Waals surface area contributed by atoms with Gasteiger partial charge in [-0.05, 0) is 73.2 Å². The summed E-state index contributed by atoms with van der Waals surface area (Å²) in [6, 6.07) is 11.5. The van der Waals surface area contributed by atoms with Crippen LogP contribution in [0, 0.1) is 0 Å². The Kier molecular flexibility index (Phi) is 6.66. The second-order valence-corrected chi connectivity index (χ2v) is 8.67. The summed E-state index contributed by atoms with van der Waals surface area (Å²) < 4.78 is 32.1. The zero-order valence-corrected chi connectivity index (χ0v) is 17.1. The van der Waals surface area contributed by atoms with E-state index in [1.807, 2.05) is 6.07 Å². The van der Waals surface area contributed by atoms with Crippen LogP contribution in [0.25, 0.3) is 0 Å². The summed E-state index contributed by atoms with van der Waals surface area (Å²) in [6.45, 7) is -0.00844. The number of hydrogen-bond acceptors (Lipinski definition) is 5. The molecule has 7 nitrogen and oxygen atoms in total. The second-order valence-electron chi connectivity index (χ2n) is 6.90. The van der Waals surface area contributed by atoms with Crippen LogP contribution in [0.15, 0.2) is 47.4 Å². The van der Waals surface area contributed by atoms with E-state index in [0.29, 0.717) is 11.3 Å². The van der Waals surface area contributed by atoms with Gasteiger partial charge in [0.15, 0.2) is 0 Å². The number of amides is 1. The van der Waals surface area contributed by atoms with Crippen LogP contribution in [-0.4, -0.2) is 33.9 Å². The topological polar surface area (TPSA) is 102 Å². The van der Waals surface area contributed by atoms with E-state index in [9.17, 15) is 18.0 Å². The number of ether oxygens (including phenoxy) is 1. The van der Waals surface area contributed by atoms with Gasteiger partial charge in [-0.25, -0.2) is 17.9 Å². The van der Waals surface area contributed by atoms with Crippen molar-refractivity contribution < 1.29 is 22.7 Å². The van der Waals surface area contributed by atoms with Crippen molar-refractivity contribution in [1.29, 1.82) is 0 Å². The Balaban J connectivity index is 1.52. The minimum Gasteiger partial charge on any atom is -0.465 e. The maximum absolute atomic E-state index is 12.5. The summed E-state index contributed by atoms with van der Waals surface area (Å²) >= 11 is 0. The van der Waals surface area contributed by atoms with E-state index in [2.05, 4.69) is 14.8 Å². The fourth-order valence-corrected chi connectivity index (χ4v) is 4.37. The van der Waals surface area contributed by atoms with E-state index in [4.69, 9.17) is 0 Å². The van der Waals surface area contributed by atoms with Crippen LogP contribution in [-0.2, 0) is 32.4 Å². The Morgan fingerprint density at radius 2 is 1.69 bits per heavy atom. The Morgan fingerprint density at radius 1 is 1.00 bits per heavy atom. The molecule has 0 bridgehead atoms. The Labute approximate surface area is 170 Å². The molecule has 0 aliphatic heterocycles. The largest absolute Gasteiger partial charge is 0.465 e. The lowest BCUT2D eigenvalue weighted by Crippen LogP contribution is -2.28. The molecule has 2 aromatic carbocycles. The molecule has 1 aliphatic carbocycles. The first-order valence-corrected chi connectivity index (χ1v) is 11.0. The highest BCUT2D eigenvalue weighted by molar-refractivity contribution is 7.89. The van der Waals surface area contributed by atoms with Crippen LogP contribution in [0.3, 0.4) is 0 Å². The smallest absolute Gasteiger partial charge is 0.337 e. The first-order valence-electron chi connectivity index (χ1n) is 9.49. The number of carbonyl (C=O) groups is 2. The molecule has 0 radical (unpaired) electrons. The summed E-state index contributed by atoms with van der Waals surface area (Å²) in [6.07, 6.45) is 4.09. The lowest BCUT2D eigenvalue weighted by atomic mass is 9.92. The maximum atomic E-state index is 12.5. The van der Waals surface area contributed by atoms with Crippen LogP contribution >= 0.6 is 0 Å². The van der Waals surface area contributed by atoms with E-state index >= 15 is 0 Å². The van der Waals surface area contributed by atoms with Gasteiger partial charge in [0.2, 0.25) is 15.9 Å². The zero-order valence-electron chi connectivity index (χ0n) is 16.2. The van der Waals surface area contributed by atoms with Gasteiger partial charge in [-0.1, -0.05) is 6.07 Å². The Hall–Kier alpha value is -2.71. The summed E-state index contributed by atoms with van der Waals surface area (Å²) in [5, 5.41) is 2.67. The third-order valence-corrected chi connectivity index (χ3v) is 6.32. The van der Waals surface area contributed by atoms with Gasteiger partial charge in [0.25, 0.3) is 0 Å². The number of anilines is 1. The summed E-state index contributed by atoms with van der Waals surface area (Å²) in [5.74, 6) is -0.789. The minimum absolute atomic E-state index is 0.00844. The standard InChI is InChI=1S/C21H24N2O5S/c1-28-21(25)16-6-9-18(10-7-16)23-20(24)12-13-22-29(26,27)19-11-8-15-4-2-3-5-17(15)14-19/h6-11,14,22H,2-5,12-13H2,1H3,(H,23,24). The SMILES string of the molecule is COC(=O)c1ccc(NC(=O)CCNS(=O)(=O)c2ccc3c(c2)CCCC3)cc1. The summed E-state index contributed by atoms with van der Waals surface area (Å²) in [7, 11) is -2.37. The Morgan fingerprint density at radius 3 is 2.38 bits per heavy atom. The lowest BCUT2D eigenvalue weighted by Gasteiger charge is -2.16. The summed E-state index contributed by atoms with van der Waals surface area (Å²) in [4.78, 5) is 23.7. The van der Waals surface area contributed by atoms with Crippen LogP contribution in [0.4, 0.5) is 5.69 Å². The molecule has 29 heavy (non-hydrogen) atoms. The molecule has 8 heteroatoms. The maximum Gasteiger partial charge on any atom is 0.337 e. The number of rotatable bonds is 7. The van der Waals surface area contributed by atoms with Gasteiger partial charge in [-0.2, -0.15) is 0 Å². The third-order valence-electron chi connectivity index (χ3n) is 4.86. The van der Waals surface area contributed by atoms with Gasteiger partial charge < -0.3 is 10.1 Å². The van der Waals surface area contributed by atoms with Gasteiger partial charge in [0.05, 0.1) is 17.6 Å². The van der Waals surface area contributed by atoms with E-state index < -0.39 is 16.0 Å². The van der Waals surface area contributed by atoms with Gasteiger partial charge in [-0.3, -0.25) is 4.79 Å². The van der Waals surface area contributed by atoms with Crippen molar-refractivity contribution in [3.63, 3.8) is 0 Å². The van der Waals surface area contributed by atoms with Crippen LogP contribution in [0.1, 0.15) is 40.7 Å². The summed E-state index contributed by atoms with van der Waals surface area (Å²) in [5.41, 5.74) is 3.20. The molecule has 0 spiro atoms. The van der Waals surface area contributed by atoms with Crippen molar-refractivity contribution in [3.05, 3.63) is 59.2 Å².